The van der Waals surface area contributed by atoms with E-state index < -0.39 is 0 Å². The van der Waals surface area contributed by atoms with Gasteiger partial charge in [0.25, 0.3) is 0 Å². The highest BCUT2D eigenvalue weighted by atomic mass is 16.7. The number of anilines is 1. The van der Waals surface area contributed by atoms with E-state index in [1.54, 1.807) is 5.06 Å². The van der Waals surface area contributed by atoms with Crippen LogP contribution in [-0.2, 0) is 4.84 Å². The van der Waals surface area contributed by atoms with Gasteiger partial charge in [0.15, 0.2) is 0 Å². The highest BCUT2D eigenvalue weighted by Crippen LogP contribution is 2.22. The average molecular weight is 231 g/mol. The summed E-state index contributed by atoms with van der Waals surface area (Å²) in [4.78, 5) is 7.91. The van der Waals surface area contributed by atoms with Crippen LogP contribution in [0.4, 0.5) is 5.69 Å². The molecule has 0 N–H and O–H groups in total. The van der Waals surface area contributed by atoms with E-state index in [-0.39, 0.29) is 6.10 Å². The second kappa shape index (κ2) is 5.17. The lowest BCUT2D eigenvalue weighted by atomic mass is 10.2. The van der Waals surface area contributed by atoms with Crippen LogP contribution in [0.15, 0.2) is 24.3 Å². The molecule has 1 aliphatic rings. The molecule has 0 radical (unpaired) electrons. The van der Waals surface area contributed by atoms with E-state index in [9.17, 15) is 0 Å². The van der Waals surface area contributed by atoms with E-state index in [0.29, 0.717) is 5.56 Å². The number of rotatable bonds is 3. The maximum atomic E-state index is 8.88. The molecular weight excluding hydrogens is 214 g/mol. The highest BCUT2D eigenvalue weighted by Gasteiger charge is 2.24. The fourth-order valence-electron chi connectivity index (χ4n) is 2.12. The van der Waals surface area contributed by atoms with Crippen molar-refractivity contribution < 1.29 is 4.84 Å². The highest BCUT2D eigenvalue weighted by molar-refractivity contribution is 5.52. The predicted octanol–water partition coefficient (Wildman–Crippen LogP) is 1.63. The van der Waals surface area contributed by atoms with Crippen LogP contribution in [0.1, 0.15) is 12.0 Å². The predicted molar refractivity (Wildman–Crippen MR) is 66.5 cm³/mol. The van der Waals surface area contributed by atoms with E-state index in [2.05, 4.69) is 11.0 Å². The van der Waals surface area contributed by atoms with Crippen LogP contribution in [0.3, 0.4) is 0 Å². The van der Waals surface area contributed by atoms with E-state index in [4.69, 9.17) is 10.1 Å². The summed E-state index contributed by atoms with van der Waals surface area (Å²) < 4.78 is 0. The van der Waals surface area contributed by atoms with Crippen LogP contribution in [0.5, 0.6) is 0 Å². The third-order valence-corrected chi connectivity index (χ3v) is 2.85. The zero-order valence-electron chi connectivity index (χ0n) is 10.3. The molecule has 1 atom stereocenters. The fraction of sp³-hybridized carbons (Fsp3) is 0.462. The Kier molecular flexibility index (Phi) is 3.62. The van der Waals surface area contributed by atoms with E-state index in [1.807, 2.05) is 38.4 Å². The molecule has 1 aromatic rings. The molecule has 1 aliphatic heterocycles. The first kappa shape index (κ1) is 11.9. The first-order chi connectivity index (χ1) is 8.19. The van der Waals surface area contributed by atoms with Crippen LogP contribution in [0.25, 0.3) is 0 Å². The summed E-state index contributed by atoms with van der Waals surface area (Å²) in [7, 11) is 3.80. The normalized spacial score (nSPS) is 19.6. The summed E-state index contributed by atoms with van der Waals surface area (Å²) in [5.41, 5.74) is 1.81. The molecule has 0 amide bonds. The Morgan fingerprint density at radius 1 is 1.47 bits per heavy atom. The summed E-state index contributed by atoms with van der Waals surface area (Å²) in [5.74, 6) is 0. The van der Waals surface area contributed by atoms with Crippen LogP contribution >= 0.6 is 0 Å². The molecule has 1 fully saturated rings. The van der Waals surface area contributed by atoms with Crippen molar-refractivity contribution in [2.45, 2.75) is 12.5 Å². The first-order valence-corrected chi connectivity index (χ1v) is 5.78. The van der Waals surface area contributed by atoms with Gasteiger partial charge in [-0.3, -0.25) is 4.84 Å². The van der Waals surface area contributed by atoms with Crippen LogP contribution in [0.2, 0.25) is 0 Å². The summed E-state index contributed by atoms with van der Waals surface area (Å²) >= 11 is 0. The maximum absolute atomic E-state index is 8.88. The van der Waals surface area contributed by atoms with Crippen LogP contribution < -0.4 is 4.90 Å². The van der Waals surface area contributed by atoms with Gasteiger partial charge >= 0.3 is 0 Å². The Bertz CT molecular complexity index is 425. The Morgan fingerprint density at radius 2 is 2.29 bits per heavy atom. The summed E-state index contributed by atoms with van der Waals surface area (Å²) in [6.07, 6.45) is 1.27. The van der Waals surface area contributed by atoms with E-state index in [1.165, 1.54) is 0 Å². The maximum Gasteiger partial charge on any atom is 0.0992 e. The van der Waals surface area contributed by atoms with Crippen molar-refractivity contribution in [1.29, 1.82) is 5.26 Å². The number of nitriles is 1. The van der Waals surface area contributed by atoms with Crippen molar-refractivity contribution >= 4 is 5.69 Å². The zero-order chi connectivity index (χ0) is 12.3. The molecule has 4 nitrogen and oxygen atoms in total. The molecule has 0 saturated carbocycles. The van der Waals surface area contributed by atoms with Crippen molar-refractivity contribution in [3.8, 4) is 6.07 Å². The Morgan fingerprint density at radius 3 is 3.00 bits per heavy atom. The molecule has 0 aromatic heterocycles. The third kappa shape index (κ3) is 2.96. The minimum Gasteiger partial charge on any atom is -0.369 e. The lowest BCUT2D eigenvalue weighted by Crippen LogP contribution is -2.27. The number of hydrogen-bond acceptors (Lipinski definition) is 4. The molecule has 2 rings (SSSR count). The quantitative estimate of drug-likeness (QED) is 0.741. The van der Waals surface area contributed by atoms with Gasteiger partial charge in [0.2, 0.25) is 0 Å². The Labute approximate surface area is 102 Å². The number of nitrogens with zero attached hydrogens (tertiary/aromatic N) is 3. The van der Waals surface area contributed by atoms with Gasteiger partial charge in [0, 0.05) is 32.9 Å². The molecule has 0 aliphatic carbocycles. The number of benzene rings is 1. The van der Waals surface area contributed by atoms with Gasteiger partial charge in [0.05, 0.1) is 17.7 Å². The molecule has 1 saturated heterocycles. The Hall–Kier alpha value is -1.57. The molecule has 4 heteroatoms. The fourth-order valence-corrected chi connectivity index (χ4v) is 2.12. The summed E-state index contributed by atoms with van der Waals surface area (Å²) in [5, 5.41) is 10.6. The smallest absolute Gasteiger partial charge is 0.0992 e. The standard InChI is InChI=1S/C13H17N3O/c1-15(2)17-13-6-7-16(10-13)12-5-3-4-11(8-12)9-14/h3-5,8,13H,6-7,10H2,1-2H3/t13-/m1/s1. The molecule has 1 heterocycles. The molecule has 0 unspecified atom stereocenters. The van der Waals surface area contributed by atoms with Crippen molar-refractivity contribution in [3.63, 3.8) is 0 Å². The molecule has 1 aromatic carbocycles. The molecule has 17 heavy (non-hydrogen) atoms. The van der Waals surface area contributed by atoms with Gasteiger partial charge in [-0.2, -0.15) is 10.3 Å². The van der Waals surface area contributed by atoms with Crippen LogP contribution in [-0.4, -0.2) is 38.4 Å². The SMILES string of the molecule is CN(C)O[C@@H]1CCN(c2cccc(C#N)c2)C1. The van der Waals surface area contributed by atoms with Gasteiger partial charge in [0.1, 0.15) is 0 Å². The second-order valence-electron chi connectivity index (χ2n) is 4.44. The third-order valence-electron chi connectivity index (χ3n) is 2.85. The summed E-state index contributed by atoms with van der Waals surface area (Å²) in [6.45, 7) is 1.86. The molecular formula is C13H17N3O. The van der Waals surface area contributed by atoms with Crippen molar-refractivity contribution in [1.82, 2.24) is 5.06 Å². The molecule has 90 valence electrons. The van der Waals surface area contributed by atoms with Gasteiger partial charge < -0.3 is 4.90 Å². The lowest BCUT2D eigenvalue weighted by molar-refractivity contribution is -0.156. The van der Waals surface area contributed by atoms with Gasteiger partial charge in [-0.25, -0.2) is 0 Å². The van der Waals surface area contributed by atoms with Crippen molar-refractivity contribution in [2.24, 2.45) is 0 Å². The lowest BCUT2D eigenvalue weighted by Gasteiger charge is -2.20. The number of hydroxylamine groups is 2. The second-order valence-corrected chi connectivity index (χ2v) is 4.44. The van der Waals surface area contributed by atoms with Gasteiger partial charge in [-0.1, -0.05) is 6.07 Å². The monoisotopic (exact) mass is 231 g/mol. The molecule has 0 bridgehead atoms. The number of hydrogen-bond donors (Lipinski definition) is 0. The largest absolute Gasteiger partial charge is 0.369 e. The first-order valence-electron chi connectivity index (χ1n) is 5.78. The zero-order valence-corrected chi connectivity index (χ0v) is 10.3. The van der Waals surface area contributed by atoms with Crippen LogP contribution in [0, 0.1) is 11.3 Å². The Balaban J connectivity index is 2.02. The van der Waals surface area contributed by atoms with E-state index >= 15 is 0 Å². The van der Waals surface area contributed by atoms with Crippen molar-refractivity contribution in [2.75, 3.05) is 32.1 Å². The minimum atomic E-state index is 0.246. The summed E-state index contributed by atoms with van der Waals surface area (Å²) in [6, 6.07) is 9.89. The van der Waals surface area contributed by atoms with Gasteiger partial charge in [-0.15, -0.1) is 0 Å². The van der Waals surface area contributed by atoms with Gasteiger partial charge in [-0.05, 0) is 24.6 Å². The average Bonchev–Trinajstić information content (AvgIpc) is 2.77. The minimum absolute atomic E-state index is 0.246. The molecule has 0 spiro atoms. The van der Waals surface area contributed by atoms with Crippen molar-refractivity contribution in [3.05, 3.63) is 29.8 Å². The topological polar surface area (TPSA) is 39.5 Å². The van der Waals surface area contributed by atoms with E-state index in [0.717, 1.165) is 25.2 Å².